The monoisotopic (exact) mass is 418 g/mol. The van der Waals surface area contributed by atoms with E-state index in [9.17, 15) is 9.59 Å². The van der Waals surface area contributed by atoms with Crippen molar-refractivity contribution in [2.45, 2.75) is 26.3 Å². The van der Waals surface area contributed by atoms with Gasteiger partial charge in [0, 0.05) is 36.8 Å². The molecular formula is C21H27ClN4O3. The van der Waals surface area contributed by atoms with Gasteiger partial charge in [0.15, 0.2) is 0 Å². The topological polar surface area (TPSA) is 87.3 Å². The van der Waals surface area contributed by atoms with Crippen LogP contribution in [-0.4, -0.2) is 47.5 Å². The van der Waals surface area contributed by atoms with Crippen molar-refractivity contribution in [3.8, 4) is 5.75 Å². The number of nitrogens with zero attached hydrogens (tertiary/aromatic N) is 2. The third kappa shape index (κ3) is 4.02. The summed E-state index contributed by atoms with van der Waals surface area (Å²) in [6.07, 6.45) is 0.0774. The maximum absolute atomic E-state index is 13.2. The highest BCUT2D eigenvalue weighted by molar-refractivity contribution is 5.85. The summed E-state index contributed by atoms with van der Waals surface area (Å²) < 4.78 is 5.27. The number of fused-ring (bicyclic) bond motifs is 1. The number of nitrogens with one attached hydrogen (secondary N) is 2. The third-order valence-electron chi connectivity index (χ3n) is 6.01. The molecule has 2 N–H and O–H groups in total. The molecular weight excluding hydrogens is 392 g/mol. The third-order valence-corrected chi connectivity index (χ3v) is 6.01. The molecule has 0 bridgehead atoms. The van der Waals surface area contributed by atoms with E-state index in [4.69, 9.17) is 4.74 Å². The van der Waals surface area contributed by atoms with Crippen molar-refractivity contribution in [2.24, 2.45) is 11.8 Å². The summed E-state index contributed by atoms with van der Waals surface area (Å²) in [5.74, 6) is 2.17. The first-order valence-electron chi connectivity index (χ1n) is 9.68. The van der Waals surface area contributed by atoms with Crippen LogP contribution in [0.1, 0.15) is 28.7 Å². The van der Waals surface area contributed by atoms with E-state index < -0.39 is 0 Å². The van der Waals surface area contributed by atoms with Gasteiger partial charge in [-0.05, 0) is 37.5 Å². The van der Waals surface area contributed by atoms with E-state index in [2.05, 4.69) is 15.3 Å². The van der Waals surface area contributed by atoms with Crippen LogP contribution in [0.2, 0.25) is 0 Å². The summed E-state index contributed by atoms with van der Waals surface area (Å²) in [4.78, 5) is 34.6. The van der Waals surface area contributed by atoms with Gasteiger partial charge >= 0.3 is 0 Å². The van der Waals surface area contributed by atoms with Gasteiger partial charge in [0.2, 0.25) is 5.91 Å². The highest BCUT2D eigenvalue weighted by Crippen LogP contribution is 2.43. The number of likely N-dealkylation sites (tertiary alicyclic amines) is 1. The van der Waals surface area contributed by atoms with E-state index in [1.54, 1.807) is 21.0 Å². The highest BCUT2D eigenvalue weighted by atomic mass is 35.5. The minimum atomic E-state index is -0.222. The first kappa shape index (κ1) is 21.3. The molecule has 29 heavy (non-hydrogen) atoms. The minimum absolute atomic E-state index is 0. The number of amides is 1. The van der Waals surface area contributed by atoms with Crippen molar-refractivity contribution in [1.82, 2.24) is 20.2 Å². The lowest BCUT2D eigenvalue weighted by atomic mass is 9.89. The smallest absolute Gasteiger partial charge is 0.254 e. The number of rotatable bonds is 4. The van der Waals surface area contributed by atoms with Crippen LogP contribution < -0.4 is 15.6 Å². The molecule has 2 fully saturated rings. The van der Waals surface area contributed by atoms with Gasteiger partial charge in [-0.1, -0.05) is 12.1 Å². The molecule has 156 valence electrons. The van der Waals surface area contributed by atoms with Gasteiger partial charge in [0.1, 0.15) is 11.6 Å². The highest BCUT2D eigenvalue weighted by Gasteiger charge is 2.46. The Hall–Kier alpha value is -2.38. The van der Waals surface area contributed by atoms with Crippen molar-refractivity contribution in [2.75, 3.05) is 26.7 Å². The lowest BCUT2D eigenvalue weighted by molar-refractivity contribution is -0.132. The maximum Gasteiger partial charge on any atom is 0.254 e. The number of H-pyrrole nitrogens is 1. The molecule has 3 atom stereocenters. The van der Waals surface area contributed by atoms with Crippen molar-refractivity contribution >= 4 is 18.3 Å². The quantitative estimate of drug-likeness (QED) is 0.790. The van der Waals surface area contributed by atoms with E-state index in [1.165, 1.54) is 0 Å². The van der Waals surface area contributed by atoms with Gasteiger partial charge in [0.25, 0.3) is 5.56 Å². The van der Waals surface area contributed by atoms with Crippen LogP contribution in [-0.2, 0) is 11.2 Å². The van der Waals surface area contributed by atoms with Crippen LogP contribution in [0.15, 0.2) is 29.1 Å². The Balaban J connectivity index is 0.00000240. The molecule has 0 radical (unpaired) electrons. The number of hydrogen-bond donors (Lipinski definition) is 2. The number of aromatic amines is 1. The van der Waals surface area contributed by atoms with Gasteiger partial charge in [-0.15, -0.1) is 12.4 Å². The molecule has 2 aliphatic heterocycles. The Morgan fingerprint density at radius 1 is 1.24 bits per heavy atom. The number of aryl methyl sites for hydroxylation is 2. The van der Waals surface area contributed by atoms with Crippen LogP contribution in [0, 0.1) is 25.7 Å². The van der Waals surface area contributed by atoms with Crippen molar-refractivity contribution in [1.29, 1.82) is 0 Å². The summed E-state index contributed by atoms with van der Waals surface area (Å²) >= 11 is 0. The molecule has 2 aromatic rings. The van der Waals surface area contributed by atoms with Crippen LogP contribution in [0.4, 0.5) is 0 Å². The molecule has 8 heteroatoms. The fourth-order valence-corrected chi connectivity index (χ4v) is 4.62. The van der Waals surface area contributed by atoms with E-state index in [0.29, 0.717) is 35.5 Å². The maximum atomic E-state index is 13.2. The first-order chi connectivity index (χ1) is 13.5. The van der Waals surface area contributed by atoms with Crippen LogP contribution in [0.5, 0.6) is 5.75 Å². The predicted molar refractivity (Wildman–Crippen MR) is 113 cm³/mol. The van der Waals surface area contributed by atoms with Crippen molar-refractivity contribution < 1.29 is 9.53 Å². The fraction of sp³-hybridized carbons (Fsp3) is 0.476. The van der Waals surface area contributed by atoms with Gasteiger partial charge in [-0.3, -0.25) is 9.59 Å². The average molecular weight is 419 g/mol. The number of ether oxygens (including phenoxy) is 1. The summed E-state index contributed by atoms with van der Waals surface area (Å²) in [6.45, 7) is 6.07. The van der Waals surface area contributed by atoms with Crippen LogP contribution in [0.25, 0.3) is 0 Å². The molecule has 1 aromatic heterocycles. The van der Waals surface area contributed by atoms with Gasteiger partial charge in [-0.25, -0.2) is 4.98 Å². The second kappa shape index (κ2) is 8.55. The summed E-state index contributed by atoms with van der Waals surface area (Å²) in [6, 6.07) is 7.96. The Kier molecular flexibility index (Phi) is 6.29. The van der Waals surface area contributed by atoms with E-state index >= 15 is 0 Å². The van der Waals surface area contributed by atoms with Gasteiger partial charge in [-0.2, -0.15) is 0 Å². The molecule has 0 saturated carbocycles. The SMILES string of the molecule is COc1ccc([C@H]2[C@H]3CNC[C@H]3CN2C(=O)Cc2c(C)nc(C)[nH]c2=O)cc1.Cl. The molecule has 1 aromatic carbocycles. The number of hydrogen-bond acceptors (Lipinski definition) is 5. The van der Waals surface area contributed by atoms with Crippen LogP contribution in [0.3, 0.4) is 0 Å². The lowest BCUT2D eigenvalue weighted by Gasteiger charge is -2.28. The van der Waals surface area contributed by atoms with E-state index in [-0.39, 0.29) is 36.3 Å². The zero-order valence-electron chi connectivity index (χ0n) is 16.9. The number of benzene rings is 1. The van der Waals surface area contributed by atoms with E-state index in [1.807, 2.05) is 29.2 Å². The molecule has 0 unspecified atom stereocenters. The Bertz CT molecular complexity index is 944. The first-order valence-corrected chi connectivity index (χ1v) is 9.68. The molecule has 2 saturated heterocycles. The number of halogens is 1. The Labute approximate surface area is 176 Å². The lowest BCUT2D eigenvalue weighted by Crippen LogP contribution is -2.37. The van der Waals surface area contributed by atoms with E-state index in [0.717, 1.165) is 24.4 Å². The number of carbonyl (C=O) groups is 1. The molecule has 0 spiro atoms. The zero-order valence-corrected chi connectivity index (χ0v) is 17.7. The van der Waals surface area contributed by atoms with Crippen LogP contribution >= 0.6 is 12.4 Å². The molecule has 7 nitrogen and oxygen atoms in total. The van der Waals surface area contributed by atoms with Gasteiger partial charge in [0.05, 0.1) is 19.6 Å². The predicted octanol–water partition coefficient (Wildman–Crippen LogP) is 1.78. The van der Waals surface area contributed by atoms with Gasteiger partial charge < -0.3 is 19.9 Å². The minimum Gasteiger partial charge on any atom is -0.497 e. The van der Waals surface area contributed by atoms with Crippen molar-refractivity contribution in [3.05, 3.63) is 57.3 Å². The Morgan fingerprint density at radius 2 is 1.97 bits per heavy atom. The largest absolute Gasteiger partial charge is 0.497 e. The number of methoxy groups -OCH3 is 1. The normalized spacial score (nSPS) is 22.9. The molecule has 3 heterocycles. The zero-order chi connectivity index (χ0) is 19.8. The fourth-order valence-electron chi connectivity index (χ4n) is 4.62. The standard InChI is InChI=1S/C21H26N4O3.ClH/c1-12-17(21(27)24-13(2)23-12)8-19(26)25-11-15-9-22-10-18(15)20(25)14-4-6-16(28-3)7-5-14;/h4-7,15,18,20,22H,8-11H2,1-3H3,(H,23,24,27);1H/t15-,18-,20-;/m0./s1. The Morgan fingerprint density at radius 3 is 2.62 bits per heavy atom. The number of aromatic nitrogens is 2. The molecule has 1 amide bonds. The molecule has 4 rings (SSSR count). The molecule has 0 aliphatic carbocycles. The van der Waals surface area contributed by atoms with Crippen molar-refractivity contribution in [3.63, 3.8) is 0 Å². The summed E-state index contributed by atoms with van der Waals surface area (Å²) in [7, 11) is 1.65. The second-order valence-corrected chi connectivity index (χ2v) is 7.74. The average Bonchev–Trinajstić information content (AvgIpc) is 3.25. The molecule has 2 aliphatic rings. The summed E-state index contributed by atoms with van der Waals surface area (Å²) in [5.41, 5.74) is 1.97. The summed E-state index contributed by atoms with van der Waals surface area (Å²) in [5, 5.41) is 3.45. The number of carbonyl (C=O) groups excluding carboxylic acids is 1. The second-order valence-electron chi connectivity index (χ2n) is 7.74.